The van der Waals surface area contributed by atoms with Crippen LogP contribution >= 0.6 is 0 Å². The van der Waals surface area contributed by atoms with Gasteiger partial charge < -0.3 is 14.7 Å². The number of rotatable bonds is 9. The molecule has 0 saturated heterocycles. The van der Waals surface area contributed by atoms with Crippen molar-refractivity contribution in [3.63, 3.8) is 0 Å². The first-order valence-electron chi connectivity index (χ1n) is 8.71. The zero-order valence-corrected chi connectivity index (χ0v) is 14.0. The number of carbonyl (C=O) groups is 1. The van der Waals surface area contributed by atoms with Gasteiger partial charge in [-0.2, -0.15) is 0 Å². The minimum atomic E-state index is -0.561. The summed E-state index contributed by atoms with van der Waals surface area (Å²) in [5, 5.41) is 10.2. The molecule has 0 aromatic carbocycles. The molecule has 0 aliphatic heterocycles. The van der Waals surface area contributed by atoms with E-state index in [1.54, 1.807) is 0 Å². The number of esters is 1. The SMILES string of the molecule is CCC(O)C(C(=O)OCCN(CC)CC)C1CCCCC1. The van der Waals surface area contributed by atoms with E-state index in [2.05, 4.69) is 18.7 Å². The van der Waals surface area contributed by atoms with Crippen molar-refractivity contribution in [3.8, 4) is 0 Å². The first kappa shape index (κ1) is 18.4. The highest BCUT2D eigenvalue weighted by molar-refractivity contribution is 5.73. The summed E-state index contributed by atoms with van der Waals surface area (Å²) in [5.74, 6) is -0.218. The number of hydrogen-bond donors (Lipinski definition) is 1. The highest BCUT2D eigenvalue weighted by atomic mass is 16.5. The Bertz CT molecular complexity index is 286. The second-order valence-electron chi connectivity index (χ2n) is 6.09. The Labute approximate surface area is 129 Å². The number of hydrogen-bond acceptors (Lipinski definition) is 4. The van der Waals surface area contributed by atoms with Crippen molar-refractivity contribution in [2.75, 3.05) is 26.2 Å². The fraction of sp³-hybridized carbons (Fsp3) is 0.941. The predicted molar refractivity (Wildman–Crippen MR) is 85.1 cm³/mol. The van der Waals surface area contributed by atoms with Crippen LogP contribution in [0.3, 0.4) is 0 Å². The summed E-state index contributed by atoms with van der Waals surface area (Å²) >= 11 is 0. The molecule has 0 bridgehead atoms. The molecule has 0 aromatic rings. The first-order valence-corrected chi connectivity index (χ1v) is 8.71. The minimum absolute atomic E-state index is 0.191. The summed E-state index contributed by atoms with van der Waals surface area (Å²) in [5.41, 5.74) is 0. The number of likely N-dealkylation sites (N-methyl/N-ethyl adjacent to an activating group) is 1. The van der Waals surface area contributed by atoms with Crippen LogP contribution in [0.25, 0.3) is 0 Å². The summed E-state index contributed by atoms with van der Waals surface area (Å²) in [6.45, 7) is 9.30. The third kappa shape index (κ3) is 5.95. The van der Waals surface area contributed by atoms with Crippen molar-refractivity contribution in [1.82, 2.24) is 4.90 Å². The summed E-state index contributed by atoms with van der Waals surface area (Å²) < 4.78 is 5.47. The van der Waals surface area contributed by atoms with Crippen molar-refractivity contribution in [2.24, 2.45) is 11.8 Å². The van der Waals surface area contributed by atoms with Crippen LogP contribution in [0, 0.1) is 11.8 Å². The van der Waals surface area contributed by atoms with Gasteiger partial charge in [0.25, 0.3) is 0 Å². The topological polar surface area (TPSA) is 49.8 Å². The largest absolute Gasteiger partial charge is 0.464 e. The number of aliphatic hydroxyl groups is 1. The number of carbonyl (C=O) groups excluding carboxylic acids is 1. The highest BCUT2D eigenvalue weighted by Gasteiger charge is 2.35. The van der Waals surface area contributed by atoms with Crippen molar-refractivity contribution < 1.29 is 14.6 Å². The van der Waals surface area contributed by atoms with Gasteiger partial charge in [0.05, 0.1) is 12.0 Å². The van der Waals surface area contributed by atoms with Gasteiger partial charge in [-0.25, -0.2) is 0 Å². The van der Waals surface area contributed by atoms with E-state index in [1.807, 2.05) is 6.92 Å². The van der Waals surface area contributed by atoms with E-state index in [1.165, 1.54) is 19.3 Å². The number of aliphatic hydroxyl groups excluding tert-OH is 1. The highest BCUT2D eigenvalue weighted by Crippen LogP contribution is 2.33. The van der Waals surface area contributed by atoms with Crippen LogP contribution in [0.1, 0.15) is 59.3 Å². The quantitative estimate of drug-likeness (QED) is 0.665. The van der Waals surface area contributed by atoms with Crippen LogP contribution in [0.2, 0.25) is 0 Å². The lowest BCUT2D eigenvalue weighted by Gasteiger charge is -2.31. The maximum Gasteiger partial charge on any atom is 0.311 e. The molecule has 1 rings (SSSR count). The van der Waals surface area contributed by atoms with Crippen LogP contribution in [0.5, 0.6) is 0 Å². The molecule has 0 heterocycles. The molecular formula is C17H33NO3. The van der Waals surface area contributed by atoms with E-state index < -0.39 is 6.10 Å². The lowest BCUT2D eigenvalue weighted by Crippen LogP contribution is -2.38. The second-order valence-corrected chi connectivity index (χ2v) is 6.09. The maximum atomic E-state index is 12.4. The van der Waals surface area contributed by atoms with Crippen molar-refractivity contribution >= 4 is 5.97 Å². The molecule has 1 aliphatic carbocycles. The van der Waals surface area contributed by atoms with Crippen LogP contribution < -0.4 is 0 Å². The molecule has 2 atom stereocenters. The monoisotopic (exact) mass is 299 g/mol. The van der Waals surface area contributed by atoms with Crippen LogP contribution in [0.4, 0.5) is 0 Å². The Kier molecular flexibility index (Phi) is 8.93. The van der Waals surface area contributed by atoms with E-state index in [4.69, 9.17) is 4.74 Å². The van der Waals surface area contributed by atoms with Gasteiger partial charge in [0.1, 0.15) is 6.61 Å². The number of nitrogens with zero attached hydrogens (tertiary/aromatic N) is 1. The van der Waals surface area contributed by atoms with Crippen molar-refractivity contribution in [3.05, 3.63) is 0 Å². The molecule has 4 heteroatoms. The fourth-order valence-corrected chi connectivity index (χ4v) is 3.32. The van der Waals surface area contributed by atoms with Crippen LogP contribution in [-0.4, -0.2) is 48.3 Å². The normalized spacial score (nSPS) is 19.5. The fourth-order valence-electron chi connectivity index (χ4n) is 3.32. The third-order valence-electron chi connectivity index (χ3n) is 4.81. The zero-order valence-electron chi connectivity index (χ0n) is 14.0. The van der Waals surface area contributed by atoms with Gasteiger partial charge in [0.2, 0.25) is 0 Å². The molecule has 0 radical (unpaired) electrons. The van der Waals surface area contributed by atoms with Gasteiger partial charge in [-0.05, 0) is 38.3 Å². The van der Waals surface area contributed by atoms with Gasteiger partial charge in [0, 0.05) is 6.54 Å². The lowest BCUT2D eigenvalue weighted by molar-refractivity contribution is -0.156. The molecule has 1 aliphatic rings. The zero-order chi connectivity index (χ0) is 15.7. The molecule has 21 heavy (non-hydrogen) atoms. The van der Waals surface area contributed by atoms with Crippen molar-refractivity contribution in [1.29, 1.82) is 0 Å². The van der Waals surface area contributed by atoms with E-state index in [9.17, 15) is 9.90 Å². The molecule has 2 unspecified atom stereocenters. The third-order valence-corrected chi connectivity index (χ3v) is 4.81. The molecule has 0 amide bonds. The molecule has 0 aromatic heterocycles. The number of ether oxygens (including phenoxy) is 1. The molecule has 1 fully saturated rings. The molecule has 1 saturated carbocycles. The van der Waals surface area contributed by atoms with E-state index in [-0.39, 0.29) is 11.9 Å². The maximum absolute atomic E-state index is 12.4. The van der Waals surface area contributed by atoms with Crippen LogP contribution in [0.15, 0.2) is 0 Å². The molecular weight excluding hydrogens is 266 g/mol. The molecule has 1 N–H and O–H groups in total. The summed E-state index contributed by atoms with van der Waals surface area (Å²) in [4.78, 5) is 14.6. The molecule has 4 nitrogen and oxygen atoms in total. The van der Waals surface area contributed by atoms with Gasteiger partial charge in [-0.3, -0.25) is 4.79 Å². The van der Waals surface area contributed by atoms with Gasteiger partial charge in [0.15, 0.2) is 0 Å². The van der Waals surface area contributed by atoms with Crippen LogP contribution in [-0.2, 0) is 9.53 Å². The first-order chi connectivity index (χ1) is 10.1. The lowest BCUT2D eigenvalue weighted by atomic mass is 9.77. The van der Waals surface area contributed by atoms with E-state index in [0.717, 1.165) is 32.5 Å². The Morgan fingerprint density at radius 1 is 1.19 bits per heavy atom. The second kappa shape index (κ2) is 10.2. The Balaban J connectivity index is 2.51. The molecule has 124 valence electrons. The average Bonchev–Trinajstić information content (AvgIpc) is 2.52. The standard InChI is InChI=1S/C17H33NO3/c1-4-15(19)16(14-10-8-7-9-11-14)17(20)21-13-12-18(5-2)6-3/h14-16,19H,4-13H2,1-3H3. The summed E-state index contributed by atoms with van der Waals surface area (Å²) in [6.07, 6.45) is 5.75. The smallest absolute Gasteiger partial charge is 0.311 e. The van der Waals surface area contributed by atoms with E-state index >= 15 is 0 Å². The summed E-state index contributed by atoms with van der Waals surface area (Å²) in [6, 6.07) is 0. The van der Waals surface area contributed by atoms with Gasteiger partial charge >= 0.3 is 5.97 Å². The van der Waals surface area contributed by atoms with E-state index in [0.29, 0.717) is 18.9 Å². The Morgan fingerprint density at radius 2 is 1.81 bits per heavy atom. The summed E-state index contributed by atoms with van der Waals surface area (Å²) in [7, 11) is 0. The molecule has 0 spiro atoms. The van der Waals surface area contributed by atoms with Crippen molar-refractivity contribution in [2.45, 2.75) is 65.4 Å². The minimum Gasteiger partial charge on any atom is -0.464 e. The Morgan fingerprint density at radius 3 is 2.33 bits per heavy atom. The average molecular weight is 299 g/mol. The predicted octanol–water partition coefficient (Wildman–Crippen LogP) is 2.84. The van der Waals surface area contributed by atoms with Gasteiger partial charge in [-0.1, -0.05) is 40.0 Å². The Hall–Kier alpha value is -0.610. The van der Waals surface area contributed by atoms with Gasteiger partial charge in [-0.15, -0.1) is 0 Å².